The van der Waals surface area contributed by atoms with Gasteiger partial charge in [-0.3, -0.25) is 4.79 Å². The van der Waals surface area contributed by atoms with Gasteiger partial charge in [-0.25, -0.2) is 9.78 Å². The van der Waals surface area contributed by atoms with Gasteiger partial charge in [-0.1, -0.05) is 12.1 Å². The van der Waals surface area contributed by atoms with Gasteiger partial charge in [-0.15, -0.1) is 0 Å². The van der Waals surface area contributed by atoms with Gasteiger partial charge in [0.15, 0.2) is 0 Å². The summed E-state index contributed by atoms with van der Waals surface area (Å²) in [5, 5.41) is 11.5. The van der Waals surface area contributed by atoms with Crippen LogP contribution < -0.4 is 10.1 Å². The van der Waals surface area contributed by atoms with Crippen LogP contribution in [-0.4, -0.2) is 29.1 Å². The minimum absolute atomic E-state index is 0.183. The molecule has 2 rings (SSSR count). The van der Waals surface area contributed by atoms with Crippen molar-refractivity contribution in [2.75, 3.05) is 12.4 Å². The highest BCUT2D eigenvalue weighted by Crippen LogP contribution is 2.23. The number of aromatic nitrogens is 1. The molecular formula is C14H12N2O4. The van der Waals surface area contributed by atoms with Crippen LogP contribution in [0.4, 0.5) is 5.69 Å². The molecule has 1 aromatic carbocycles. The zero-order valence-corrected chi connectivity index (χ0v) is 10.7. The average Bonchev–Trinajstić information content (AvgIpc) is 2.48. The molecule has 0 atom stereocenters. The summed E-state index contributed by atoms with van der Waals surface area (Å²) in [6.07, 6.45) is 1.28. The van der Waals surface area contributed by atoms with Gasteiger partial charge in [0.25, 0.3) is 5.91 Å². The number of ether oxygens (including phenoxy) is 1. The largest absolute Gasteiger partial charge is 0.495 e. The Hall–Kier alpha value is -2.89. The Morgan fingerprint density at radius 2 is 2.00 bits per heavy atom. The van der Waals surface area contributed by atoms with Gasteiger partial charge < -0.3 is 15.2 Å². The third-order valence-electron chi connectivity index (χ3n) is 2.60. The molecule has 0 radical (unpaired) electrons. The van der Waals surface area contributed by atoms with Crippen molar-refractivity contribution in [3.8, 4) is 5.75 Å². The van der Waals surface area contributed by atoms with E-state index in [1.807, 2.05) is 0 Å². The average molecular weight is 272 g/mol. The third-order valence-corrected chi connectivity index (χ3v) is 2.60. The Morgan fingerprint density at radius 1 is 1.25 bits per heavy atom. The smallest absolute Gasteiger partial charge is 0.354 e. The van der Waals surface area contributed by atoms with Crippen molar-refractivity contribution >= 4 is 17.6 Å². The number of hydrogen-bond donors (Lipinski definition) is 2. The van der Waals surface area contributed by atoms with Gasteiger partial charge in [-0.05, 0) is 24.3 Å². The minimum atomic E-state index is -1.18. The van der Waals surface area contributed by atoms with E-state index in [9.17, 15) is 9.59 Å². The first-order valence-electron chi connectivity index (χ1n) is 5.75. The number of anilines is 1. The summed E-state index contributed by atoms with van der Waals surface area (Å²) in [7, 11) is 1.50. The molecule has 0 aliphatic heterocycles. The second-order valence-electron chi connectivity index (χ2n) is 3.89. The van der Waals surface area contributed by atoms with Gasteiger partial charge in [-0.2, -0.15) is 0 Å². The number of hydrogen-bond acceptors (Lipinski definition) is 4. The van der Waals surface area contributed by atoms with Crippen molar-refractivity contribution in [1.29, 1.82) is 0 Å². The van der Waals surface area contributed by atoms with Crippen molar-refractivity contribution in [3.63, 3.8) is 0 Å². The van der Waals surface area contributed by atoms with E-state index in [1.165, 1.54) is 25.4 Å². The molecule has 6 nitrogen and oxygen atoms in total. The highest BCUT2D eigenvalue weighted by Gasteiger charge is 2.12. The fraction of sp³-hybridized carbons (Fsp3) is 0.0714. The lowest BCUT2D eigenvalue weighted by Crippen LogP contribution is -2.14. The first-order valence-corrected chi connectivity index (χ1v) is 5.75. The van der Waals surface area contributed by atoms with E-state index >= 15 is 0 Å². The lowest BCUT2D eigenvalue weighted by atomic mass is 10.2. The van der Waals surface area contributed by atoms with Gasteiger partial charge in [0.05, 0.1) is 12.8 Å². The Morgan fingerprint density at radius 3 is 2.70 bits per heavy atom. The number of nitrogens with zero attached hydrogens (tertiary/aromatic N) is 1. The molecule has 102 valence electrons. The van der Waals surface area contributed by atoms with Crippen molar-refractivity contribution in [2.24, 2.45) is 0 Å². The van der Waals surface area contributed by atoms with Crippen LogP contribution in [0.1, 0.15) is 20.8 Å². The van der Waals surface area contributed by atoms with E-state index in [0.717, 1.165) is 0 Å². The fourth-order valence-corrected chi connectivity index (χ4v) is 1.63. The standard InChI is InChI=1S/C14H12N2O4/c1-20-12-5-3-2-4-10(12)16-13(17)9-6-7-15-11(8-9)14(18)19/h2-8H,1H3,(H,16,17)(H,18,19). The molecule has 1 amide bonds. The maximum Gasteiger partial charge on any atom is 0.354 e. The number of carboxylic acids is 1. The normalized spacial score (nSPS) is 9.85. The monoisotopic (exact) mass is 272 g/mol. The van der Waals surface area contributed by atoms with Gasteiger partial charge in [0.1, 0.15) is 11.4 Å². The Kier molecular flexibility index (Phi) is 3.95. The summed E-state index contributed by atoms with van der Waals surface area (Å²) in [5.74, 6) is -1.09. The molecule has 0 unspecified atom stereocenters. The molecule has 0 aliphatic carbocycles. The van der Waals surface area contributed by atoms with E-state index in [2.05, 4.69) is 10.3 Å². The zero-order valence-electron chi connectivity index (χ0n) is 10.7. The van der Waals surface area contributed by atoms with E-state index in [-0.39, 0.29) is 11.3 Å². The van der Waals surface area contributed by atoms with Crippen LogP contribution in [0.2, 0.25) is 0 Å². The van der Waals surface area contributed by atoms with E-state index in [4.69, 9.17) is 9.84 Å². The predicted octanol–water partition coefficient (Wildman–Crippen LogP) is 2.04. The first-order chi connectivity index (χ1) is 9.61. The number of amides is 1. The van der Waals surface area contributed by atoms with E-state index in [1.54, 1.807) is 24.3 Å². The molecule has 0 saturated carbocycles. The molecule has 0 spiro atoms. The molecule has 0 bridgehead atoms. The topological polar surface area (TPSA) is 88.5 Å². The molecule has 1 aromatic heterocycles. The number of carbonyl (C=O) groups excluding carboxylic acids is 1. The van der Waals surface area contributed by atoms with Crippen LogP contribution in [0.15, 0.2) is 42.6 Å². The summed E-state index contributed by atoms with van der Waals surface area (Å²) in [4.78, 5) is 26.5. The van der Waals surface area contributed by atoms with Crippen LogP contribution in [0.25, 0.3) is 0 Å². The third kappa shape index (κ3) is 2.92. The zero-order chi connectivity index (χ0) is 14.5. The highest BCUT2D eigenvalue weighted by atomic mass is 16.5. The van der Waals surface area contributed by atoms with Crippen LogP contribution in [0.5, 0.6) is 5.75 Å². The molecule has 0 aliphatic rings. The second-order valence-corrected chi connectivity index (χ2v) is 3.89. The van der Waals surface area contributed by atoms with Crippen molar-refractivity contribution < 1.29 is 19.4 Å². The van der Waals surface area contributed by atoms with Gasteiger partial charge >= 0.3 is 5.97 Å². The molecule has 2 N–H and O–H groups in total. The maximum atomic E-state index is 12.1. The number of carboxylic acid groups (broad SMARTS) is 1. The van der Waals surface area contributed by atoms with E-state index < -0.39 is 11.9 Å². The number of carbonyl (C=O) groups is 2. The molecule has 20 heavy (non-hydrogen) atoms. The first kappa shape index (κ1) is 13.5. The van der Waals surface area contributed by atoms with Gasteiger partial charge in [0, 0.05) is 11.8 Å². The van der Waals surface area contributed by atoms with Crippen LogP contribution in [-0.2, 0) is 0 Å². The molecule has 0 fully saturated rings. The number of benzene rings is 1. The molecular weight excluding hydrogens is 260 g/mol. The highest BCUT2D eigenvalue weighted by molar-refractivity contribution is 6.05. The van der Waals surface area contributed by atoms with E-state index in [0.29, 0.717) is 11.4 Å². The number of para-hydroxylation sites is 2. The number of nitrogens with one attached hydrogen (secondary N) is 1. The lowest BCUT2D eigenvalue weighted by Gasteiger charge is -2.09. The summed E-state index contributed by atoms with van der Waals surface area (Å²) in [6, 6.07) is 9.60. The second kappa shape index (κ2) is 5.83. The molecule has 1 heterocycles. The minimum Gasteiger partial charge on any atom is -0.495 e. The summed E-state index contributed by atoms with van der Waals surface area (Å²) < 4.78 is 5.12. The lowest BCUT2D eigenvalue weighted by molar-refractivity contribution is 0.0690. The van der Waals surface area contributed by atoms with Crippen molar-refractivity contribution in [2.45, 2.75) is 0 Å². The van der Waals surface area contributed by atoms with Crippen LogP contribution in [0.3, 0.4) is 0 Å². The molecule has 0 saturated heterocycles. The molecule has 6 heteroatoms. The summed E-state index contributed by atoms with van der Waals surface area (Å²) in [5.41, 5.74) is 0.537. The Labute approximate surface area is 115 Å². The predicted molar refractivity (Wildman–Crippen MR) is 72.1 cm³/mol. The number of aromatic carboxylic acids is 1. The van der Waals surface area contributed by atoms with Crippen molar-refractivity contribution in [3.05, 3.63) is 53.9 Å². The van der Waals surface area contributed by atoms with Crippen molar-refractivity contribution in [1.82, 2.24) is 4.98 Å². The Balaban J connectivity index is 2.24. The molecule has 2 aromatic rings. The fourth-order valence-electron chi connectivity index (χ4n) is 1.63. The summed E-state index contributed by atoms with van der Waals surface area (Å²) >= 11 is 0. The SMILES string of the molecule is COc1ccccc1NC(=O)c1ccnc(C(=O)O)c1. The quantitative estimate of drug-likeness (QED) is 0.889. The Bertz CT molecular complexity index is 655. The maximum absolute atomic E-state index is 12.1. The van der Waals surface area contributed by atoms with Crippen LogP contribution >= 0.6 is 0 Å². The number of methoxy groups -OCH3 is 1. The number of rotatable bonds is 4. The van der Waals surface area contributed by atoms with Gasteiger partial charge in [0.2, 0.25) is 0 Å². The number of pyridine rings is 1. The van der Waals surface area contributed by atoms with Crippen LogP contribution in [0, 0.1) is 0 Å². The summed E-state index contributed by atoms with van der Waals surface area (Å²) in [6.45, 7) is 0.